The molecule has 0 bridgehead atoms. The molecule has 2 N–H and O–H groups in total. The minimum Gasteiger partial charge on any atom is -0.478 e. The topological polar surface area (TPSA) is 83.5 Å². The van der Waals surface area contributed by atoms with Crippen LogP contribution in [0.25, 0.3) is 0 Å². The lowest BCUT2D eigenvalue weighted by Crippen LogP contribution is -2.17. The zero-order chi connectivity index (χ0) is 13.2. The third-order valence-electron chi connectivity index (χ3n) is 2.32. The average molecular weight is 277 g/mol. The molecule has 0 amide bonds. The van der Waals surface area contributed by atoms with Gasteiger partial charge >= 0.3 is 5.97 Å². The third-order valence-corrected chi connectivity index (χ3v) is 5.03. The second-order valence-electron chi connectivity index (χ2n) is 3.71. The molecule has 0 spiro atoms. The number of thiophene rings is 1. The van der Waals surface area contributed by atoms with Gasteiger partial charge in [0.15, 0.2) is 0 Å². The Bertz CT molecular complexity index is 531. The van der Waals surface area contributed by atoms with Gasteiger partial charge in [-0.05, 0) is 25.8 Å². The molecule has 0 aliphatic rings. The first-order valence-corrected chi connectivity index (χ1v) is 7.59. The fourth-order valence-electron chi connectivity index (χ4n) is 1.42. The zero-order valence-electron chi connectivity index (χ0n) is 9.90. The number of hydrogen-bond acceptors (Lipinski definition) is 4. The summed E-state index contributed by atoms with van der Waals surface area (Å²) in [6, 6.07) is 0. The Morgan fingerprint density at radius 1 is 1.41 bits per heavy atom. The van der Waals surface area contributed by atoms with Gasteiger partial charge in [-0.15, -0.1) is 11.3 Å². The number of nitrogens with one attached hydrogen (secondary N) is 1. The van der Waals surface area contributed by atoms with Crippen LogP contribution < -0.4 is 4.72 Å². The van der Waals surface area contributed by atoms with Crippen molar-refractivity contribution >= 4 is 32.3 Å². The van der Waals surface area contributed by atoms with E-state index in [4.69, 9.17) is 5.11 Å². The summed E-state index contributed by atoms with van der Waals surface area (Å²) in [7, 11) is -3.45. The Kier molecular flexibility index (Phi) is 4.16. The van der Waals surface area contributed by atoms with Gasteiger partial charge in [0.05, 0.1) is 11.3 Å². The van der Waals surface area contributed by atoms with Crippen LogP contribution in [0.15, 0.2) is 0 Å². The van der Waals surface area contributed by atoms with Crippen LogP contribution in [0.4, 0.5) is 5.00 Å². The molecule has 0 unspecified atom stereocenters. The Morgan fingerprint density at radius 2 is 2.00 bits per heavy atom. The van der Waals surface area contributed by atoms with Gasteiger partial charge in [0, 0.05) is 4.88 Å². The number of carbonyl (C=O) groups is 1. The maximum Gasteiger partial charge on any atom is 0.339 e. The van der Waals surface area contributed by atoms with Gasteiger partial charge in [-0.25, -0.2) is 13.2 Å². The van der Waals surface area contributed by atoms with Crippen molar-refractivity contribution in [1.82, 2.24) is 0 Å². The van der Waals surface area contributed by atoms with Crippen molar-refractivity contribution in [3.8, 4) is 0 Å². The standard InChI is InChI=1S/C10H15NO4S2/c1-4-5-17(14,15)11-9-8(10(12)13)6(2)7(3)16-9/h11H,4-5H2,1-3H3,(H,12,13). The molecule has 1 aromatic heterocycles. The second kappa shape index (κ2) is 5.05. The molecule has 17 heavy (non-hydrogen) atoms. The van der Waals surface area contributed by atoms with Gasteiger partial charge in [0.2, 0.25) is 10.0 Å². The summed E-state index contributed by atoms with van der Waals surface area (Å²) in [6.45, 7) is 5.19. The fourth-order valence-corrected chi connectivity index (χ4v) is 3.89. The van der Waals surface area contributed by atoms with E-state index in [9.17, 15) is 13.2 Å². The van der Waals surface area contributed by atoms with Gasteiger partial charge < -0.3 is 5.11 Å². The molecule has 1 rings (SSSR count). The highest BCUT2D eigenvalue weighted by molar-refractivity contribution is 7.92. The number of carboxylic acids is 1. The monoisotopic (exact) mass is 277 g/mol. The second-order valence-corrected chi connectivity index (χ2v) is 6.78. The molecule has 0 aromatic carbocycles. The molecule has 0 aliphatic heterocycles. The lowest BCUT2D eigenvalue weighted by atomic mass is 10.2. The average Bonchev–Trinajstić information content (AvgIpc) is 2.40. The first-order valence-electron chi connectivity index (χ1n) is 5.12. The van der Waals surface area contributed by atoms with E-state index < -0.39 is 16.0 Å². The van der Waals surface area contributed by atoms with Crippen LogP contribution in [0.5, 0.6) is 0 Å². The Hall–Kier alpha value is -1.08. The molecule has 0 saturated carbocycles. The van der Waals surface area contributed by atoms with Crippen LogP contribution in [0, 0.1) is 13.8 Å². The highest BCUT2D eigenvalue weighted by atomic mass is 32.2. The van der Waals surface area contributed by atoms with Crippen LogP contribution in [-0.4, -0.2) is 25.2 Å². The predicted molar refractivity (Wildman–Crippen MR) is 68.5 cm³/mol. The largest absolute Gasteiger partial charge is 0.478 e. The molecule has 1 aromatic rings. The number of hydrogen-bond donors (Lipinski definition) is 2. The fraction of sp³-hybridized carbons (Fsp3) is 0.500. The Morgan fingerprint density at radius 3 is 2.47 bits per heavy atom. The number of sulfonamides is 1. The van der Waals surface area contributed by atoms with E-state index in [1.54, 1.807) is 20.8 Å². The van der Waals surface area contributed by atoms with Gasteiger partial charge in [0.25, 0.3) is 0 Å². The first-order chi connectivity index (χ1) is 7.78. The maximum atomic E-state index is 11.6. The molecular formula is C10H15NO4S2. The summed E-state index contributed by atoms with van der Waals surface area (Å²) in [6.07, 6.45) is 0.487. The van der Waals surface area contributed by atoms with Crippen molar-refractivity contribution in [3.05, 3.63) is 16.0 Å². The summed E-state index contributed by atoms with van der Waals surface area (Å²) in [5.41, 5.74) is 0.656. The molecule has 5 nitrogen and oxygen atoms in total. The SMILES string of the molecule is CCCS(=O)(=O)Nc1sc(C)c(C)c1C(=O)O. The van der Waals surface area contributed by atoms with Crippen molar-refractivity contribution < 1.29 is 18.3 Å². The Balaban J connectivity index is 3.16. The molecule has 0 aliphatic carbocycles. The third kappa shape index (κ3) is 3.19. The minimum atomic E-state index is -3.45. The van der Waals surface area contributed by atoms with Gasteiger partial charge in [-0.3, -0.25) is 4.72 Å². The van der Waals surface area contributed by atoms with Crippen LogP contribution in [0.1, 0.15) is 34.1 Å². The van der Waals surface area contributed by atoms with Crippen molar-refractivity contribution in [2.24, 2.45) is 0 Å². The van der Waals surface area contributed by atoms with Crippen LogP contribution in [0.2, 0.25) is 0 Å². The highest BCUT2D eigenvalue weighted by Gasteiger charge is 2.21. The molecule has 0 fully saturated rings. The van der Waals surface area contributed by atoms with Crippen molar-refractivity contribution in [3.63, 3.8) is 0 Å². The highest BCUT2D eigenvalue weighted by Crippen LogP contribution is 2.33. The smallest absolute Gasteiger partial charge is 0.339 e. The number of anilines is 1. The molecule has 0 saturated heterocycles. The lowest BCUT2D eigenvalue weighted by Gasteiger charge is -2.05. The summed E-state index contributed by atoms with van der Waals surface area (Å²) in [4.78, 5) is 11.9. The molecule has 1 heterocycles. The van der Waals surface area contributed by atoms with Crippen molar-refractivity contribution in [1.29, 1.82) is 0 Å². The van der Waals surface area contributed by atoms with Crippen molar-refractivity contribution in [2.75, 3.05) is 10.5 Å². The summed E-state index contributed by atoms with van der Waals surface area (Å²) in [5, 5.41) is 9.25. The molecule has 7 heteroatoms. The maximum absolute atomic E-state index is 11.6. The molecular weight excluding hydrogens is 262 g/mol. The van der Waals surface area contributed by atoms with Gasteiger partial charge in [-0.2, -0.15) is 0 Å². The van der Waals surface area contributed by atoms with Crippen molar-refractivity contribution in [2.45, 2.75) is 27.2 Å². The number of carboxylic acid groups (broad SMARTS) is 1. The van der Waals surface area contributed by atoms with E-state index in [2.05, 4.69) is 4.72 Å². The van der Waals surface area contributed by atoms with Crippen LogP contribution in [-0.2, 0) is 10.0 Å². The van der Waals surface area contributed by atoms with E-state index in [1.807, 2.05) is 0 Å². The summed E-state index contributed by atoms with van der Waals surface area (Å²) in [5.74, 6) is -1.12. The van der Waals surface area contributed by atoms with E-state index in [1.165, 1.54) is 0 Å². The first kappa shape index (κ1) is 14.0. The summed E-state index contributed by atoms with van der Waals surface area (Å²) >= 11 is 1.15. The quantitative estimate of drug-likeness (QED) is 0.864. The number of rotatable bonds is 5. The van der Waals surface area contributed by atoms with E-state index in [-0.39, 0.29) is 16.3 Å². The number of aromatic carboxylic acids is 1. The molecule has 0 radical (unpaired) electrons. The normalized spacial score (nSPS) is 11.5. The van der Waals surface area contributed by atoms with Crippen LogP contribution >= 0.6 is 11.3 Å². The summed E-state index contributed by atoms with van der Waals surface area (Å²) < 4.78 is 25.5. The van der Waals surface area contributed by atoms with Gasteiger partial charge in [-0.1, -0.05) is 6.92 Å². The molecule has 0 atom stereocenters. The lowest BCUT2D eigenvalue weighted by molar-refractivity contribution is 0.0697. The predicted octanol–water partition coefficient (Wildman–Crippen LogP) is 2.21. The van der Waals surface area contributed by atoms with E-state index in [0.29, 0.717) is 12.0 Å². The van der Waals surface area contributed by atoms with Gasteiger partial charge in [0.1, 0.15) is 5.00 Å². The van der Waals surface area contributed by atoms with E-state index >= 15 is 0 Å². The minimum absolute atomic E-state index is 0.0119. The van der Waals surface area contributed by atoms with Crippen LogP contribution in [0.3, 0.4) is 0 Å². The Labute approximate surface area is 105 Å². The zero-order valence-corrected chi connectivity index (χ0v) is 11.5. The molecule has 96 valence electrons. The number of aryl methyl sites for hydroxylation is 1. The van der Waals surface area contributed by atoms with E-state index in [0.717, 1.165) is 16.2 Å².